The molecule has 3 aliphatic rings. The minimum Gasteiger partial charge on any atom is -0.384 e. The van der Waals surface area contributed by atoms with Crippen molar-refractivity contribution >= 4 is 17.7 Å². The fourth-order valence-electron chi connectivity index (χ4n) is 4.26. The lowest BCUT2D eigenvalue weighted by molar-refractivity contribution is 0.0974. The van der Waals surface area contributed by atoms with E-state index in [1.165, 1.54) is 12.3 Å². The number of hydrogen-bond donors (Lipinski definition) is 1. The number of nitrogens with zero attached hydrogens (tertiary/aromatic N) is 6. The molecule has 9 nitrogen and oxygen atoms in total. The van der Waals surface area contributed by atoms with Gasteiger partial charge in [-0.25, -0.2) is 13.8 Å². The first-order valence-corrected chi connectivity index (χ1v) is 10.0. The molecule has 2 N–H and O–H groups in total. The lowest BCUT2D eigenvalue weighted by Gasteiger charge is -2.34. The average molecular weight is 419 g/mol. The van der Waals surface area contributed by atoms with Crippen molar-refractivity contribution in [1.82, 2.24) is 19.9 Å². The van der Waals surface area contributed by atoms with E-state index in [-0.39, 0.29) is 41.0 Å². The van der Waals surface area contributed by atoms with Crippen molar-refractivity contribution in [2.45, 2.75) is 38.0 Å². The first-order valence-electron chi connectivity index (χ1n) is 10.0. The van der Waals surface area contributed by atoms with Gasteiger partial charge >= 0.3 is 0 Å². The van der Waals surface area contributed by atoms with Gasteiger partial charge in [0.05, 0.1) is 38.0 Å². The summed E-state index contributed by atoms with van der Waals surface area (Å²) >= 11 is 0. The minimum absolute atomic E-state index is 0.0272. The molecule has 2 bridgehead atoms. The van der Waals surface area contributed by atoms with Gasteiger partial charge in [0, 0.05) is 30.4 Å². The Morgan fingerprint density at radius 1 is 1.17 bits per heavy atom. The molecule has 5 heterocycles. The molecule has 11 heteroatoms. The van der Waals surface area contributed by atoms with Crippen LogP contribution in [0.15, 0.2) is 12.3 Å². The van der Waals surface area contributed by atoms with Crippen molar-refractivity contribution in [2.24, 2.45) is 0 Å². The molecular weight excluding hydrogens is 396 g/mol. The number of halogens is 2. The quantitative estimate of drug-likeness (QED) is 0.792. The molecule has 2 aromatic heterocycles. The molecule has 3 saturated heterocycles. The van der Waals surface area contributed by atoms with Crippen LogP contribution in [0.4, 0.5) is 26.5 Å². The highest BCUT2D eigenvalue weighted by Crippen LogP contribution is 2.35. The summed E-state index contributed by atoms with van der Waals surface area (Å²) in [6.45, 7) is 5.01. The van der Waals surface area contributed by atoms with E-state index in [0.29, 0.717) is 44.8 Å². The van der Waals surface area contributed by atoms with Crippen molar-refractivity contribution < 1.29 is 18.3 Å². The van der Waals surface area contributed by atoms with Gasteiger partial charge in [-0.15, -0.1) is 0 Å². The number of ether oxygens (including phenoxy) is 2. The van der Waals surface area contributed by atoms with Gasteiger partial charge in [-0.3, -0.25) is 0 Å². The maximum Gasteiger partial charge on any atom is 0.264 e. The van der Waals surface area contributed by atoms with E-state index in [9.17, 15) is 8.78 Å². The molecule has 0 saturated carbocycles. The lowest BCUT2D eigenvalue weighted by atomic mass is 10.1. The van der Waals surface area contributed by atoms with Crippen LogP contribution in [0, 0.1) is 0 Å². The van der Waals surface area contributed by atoms with Crippen LogP contribution in [0.25, 0.3) is 11.4 Å². The molecule has 0 unspecified atom stereocenters. The zero-order valence-electron chi connectivity index (χ0n) is 16.5. The Hall–Kier alpha value is -2.66. The van der Waals surface area contributed by atoms with Crippen molar-refractivity contribution in [3.8, 4) is 11.4 Å². The highest BCUT2D eigenvalue weighted by molar-refractivity contribution is 5.64. The molecule has 0 radical (unpaired) electrons. The van der Waals surface area contributed by atoms with Crippen LogP contribution in [0.2, 0.25) is 0 Å². The number of fused-ring (bicyclic) bond motifs is 2. The van der Waals surface area contributed by atoms with Gasteiger partial charge in [-0.2, -0.15) is 15.0 Å². The van der Waals surface area contributed by atoms with Crippen molar-refractivity contribution in [3.05, 3.63) is 17.8 Å². The Labute approximate surface area is 172 Å². The third kappa shape index (κ3) is 3.41. The first-order chi connectivity index (χ1) is 14.5. The van der Waals surface area contributed by atoms with Gasteiger partial charge in [0.1, 0.15) is 5.82 Å². The molecule has 2 aromatic rings. The Morgan fingerprint density at radius 3 is 2.63 bits per heavy atom. The molecular formula is C19H23F2N7O2. The van der Waals surface area contributed by atoms with Gasteiger partial charge in [0.2, 0.25) is 11.9 Å². The molecule has 0 spiro atoms. The summed E-state index contributed by atoms with van der Waals surface area (Å²) in [6.07, 6.45) is -0.360. The SMILES string of the molecule is C[C@@H]1COCCN1c1nc(-c2cnc(N)cc2C(F)F)nc(N2C[C@H]3C[C@@H]2CO3)n1. The summed E-state index contributed by atoms with van der Waals surface area (Å²) in [6, 6.07) is 1.41. The van der Waals surface area contributed by atoms with Crippen molar-refractivity contribution in [2.75, 3.05) is 48.4 Å². The summed E-state index contributed by atoms with van der Waals surface area (Å²) in [5.41, 5.74) is 5.55. The smallest absolute Gasteiger partial charge is 0.264 e. The molecule has 5 rings (SSSR count). The number of anilines is 3. The largest absolute Gasteiger partial charge is 0.384 e. The number of nitrogens with two attached hydrogens (primary N) is 1. The number of morpholine rings is 2. The number of rotatable bonds is 4. The van der Waals surface area contributed by atoms with Crippen LogP contribution in [0.1, 0.15) is 25.3 Å². The Balaban J connectivity index is 1.62. The van der Waals surface area contributed by atoms with Gasteiger partial charge in [-0.05, 0) is 19.4 Å². The fourth-order valence-corrected chi connectivity index (χ4v) is 4.26. The standard InChI is InChI=1S/C19H23F2N7O2/c1-10-8-29-3-2-27(10)18-24-17(14-6-23-15(22)5-13(14)16(20)21)25-19(26-18)28-7-12-4-11(28)9-30-12/h5-6,10-12,16H,2-4,7-9H2,1H3,(H2,22,23)/t10-,11-,12-/m1/s1. The van der Waals surface area contributed by atoms with Gasteiger partial charge < -0.3 is 25.0 Å². The molecule has 30 heavy (non-hydrogen) atoms. The topological polar surface area (TPSA) is 103 Å². The molecule has 0 aromatic carbocycles. The fraction of sp³-hybridized carbons (Fsp3) is 0.579. The van der Waals surface area contributed by atoms with Crippen molar-refractivity contribution in [3.63, 3.8) is 0 Å². The van der Waals surface area contributed by atoms with E-state index >= 15 is 0 Å². The van der Waals surface area contributed by atoms with E-state index in [0.717, 1.165) is 6.42 Å². The molecule has 3 atom stereocenters. The van der Waals surface area contributed by atoms with Crippen LogP contribution < -0.4 is 15.5 Å². The highest BCUT2D eigenvalue weighted by atomic mass is 19.3. The van der Waals surface area contributed by atoms with Crippen LogP contribution in [-0.2, 0) is 9.47 Å². The predicted octanol–water partition coefficient (Wildman–Crippen LogP) is 1.66. The number of nitrogen functional groups attached to an aromatic ring is 1. The van der Waals surface area contributed by atoms with Gasteiger partial charge in [-0.1, -0.05) is 0 Å². The second-order valence-corrected chi connectivity index (χ2v) is 7.87. The highest BCUT2D eigenvalue weighted by Gasteiger charge is 2.41. The van der Waals surface area contributed by atoms with E-state index in [4.69, 9.17) is 20.2 Å². The Kier molecular flexibility index (Phi) is 4.86. The van der Waals surface area contributed by atoms with Gasteiger partial charge in [0.25, 0.3) is 6.43 Å². The molecule has 160 valence electrons. The Bertz CT molecular complexity index is 927. The third-order valence-corrected chi connectivity index (χ3v) is 5.83. The summed E-state index contributed by atoms with van der Waals surface area (Å²) in [4.78, 5) is 22.0. The molecule has 3 fully saturated rings. The van der Waals surface area contributed by atoms with Gasteiger partial charge in [0.15, 0.2) is 5.82 Å². The predicted molar refractivity (Wildman–Crippen MR) is 106 cm³/mol. The molecule has 0 aliphatic carbocycles. The third-order valence-electron chi connectivity index (χ3n) is 5.83. The van der Waals surface area contributed by atoms with E-state index in [2.05, 4.69) is 19.9 Å². The monoisotopic (exact) mass is 419 g/mol. The maximum atomic E-state index is 13.7. The summed E-state index contributed by atoms with van der Waals surface area (Å²) in [5, 5.41) is 0. The average Bonchev–Trinajstić information content (AvgIpc) is 3.37. The van der Waals surface area contributed by atoms with Crippen LogP contribution >= 0.6 is 0 Å². The summed E-state index contributed by atoms with van der Waals surface area (Å²) in [5.74, 6) is 1.12. The second-order valence-electron chi connectivity index (χ2n) is 7.87. The second kappa shape index (κ2) is 7.55. The van der Waals surface area contributed by atoms with E-state index in [1.807, 2.05) is 11.8 Å². The zero-order valence-corrected chi connectivity index (χ0v) is 16.5. The number of pyridine rings is 1. The first kappa shape index (κ1) is 19.3. The molecule has 0 amide bonds. The van der Waals surface area contributed by atoms with Crippen LogP contribution in [0.3, 0.4) is 0 Å². The molecule has 3 aliphatic heterocycles. The zero-order chi connectivity index (χ0) is 20.8. The Morgan fingerprint density at radius 2 is 1.97 bits per heavy atom. The maximum absolute atomic E-state index is 13.7. The van der Waals surface area contributed by atoms with Crippen LogP contribution in [-0.4, -0.2) is 71.0 Å². The minimum atomic E-state index is -2.73. The van der Waals surface area contributed by atoms with Crippen molar-refractivity contribution in [1.29, 1.82) is 0 Å². The number of aromatic nitrogens is 4. The summed E-state index contributed by atoms with van der Waals surface area (Å²) in [7, 11) is 0. The lowest BCUT2D eigenvalue weighted by Crippen LogP contribution is -2.45. The summed E-state index contributed by atoms with van der Waals surface area (Å²) < 4.78 is 38.7. The van der Waals surface area contributed by atoms with Crippen LogP contribution in [0.5, 0.6) is 0 Å². The number of hydrogen-bond acceptors (Lipinski definition) is 9. The van der Waals surface area contributed by atoms with E-state index in [1.54, 1.807) is 0 Å². The number of alkyl halides is 2. The normalized spacial score (nSPS) is 26.1. The van der Waals surface area contributed by atoms with E-state index < -0.39 is 6.43 Å².